The van der Waals surface area contributed by atoms with E-state index in [2.05, 4.69) is 34.4 Å². The average Bonchev–Trinajstić information content (AvgIpc) is 2.74. The fraction of sp³-hybridized carbons (Fsp3) is 0.227. The molecule has 0 spiro atoms. The van der Waals surface area contributed by atoms with Crippen LogP contribution in [0.5, 0.6) is 5.75 Å². The summed E-state index contributed by atoms with van der Waals surface area (Å²) in [6.07, 6.45) is 4.70. The van der Waals surface area contributed by atoms with Crippen molar-refractivity contribution in [2.24, 2.45) is 0 Å². The van der Waals surface area contributed by atoms with Gasteiger partial charge in [0.25, 0.3) is 5.91 Å². The van der Waals surface area contributed by atoms with Gasteiger partial charge >= 0.3 is 0 Å². The number of methoxy groups -OCH3 is 1. The van der Waals surface area contributed by atoms with Crippen LogP contribution < -0.4 is 15.4 Å². The first-order valence-corrected chi connectivity index (χ1v) is 9.29. The van der Waals surface area contributed by atoms with Crippen molar-refractivity contribution >= 4 is 23.1 Å². The van der Waals surface area contributed by atoms with Crippen LogP contribution in [0.15, 0.2) is 54.9 Å². The molecule has 144 valence electrons. The van der Waals surface area contributed by atoms with Crippen LogP contribution in [0, 0.1) is 0 Å². The van der Waals surface area contributed by atoms with E-state index in [-0.39, 0.29) is 11.6 Å². The van der Waals surface area contributed by atoms with Gasteiger partial charge in [-0.1, -0.05) is 38.1 Å². The number of hydrogen-bond donors (Lipinski definition) is 2. The Balaban J connectivity index is 1.74. The predicted molar refractivity (Wildman–Crippen MR) is 111 cm³/mol. The molecule has 0 bridgehead atoms. The van der Waals surface area contributed by atoms with E-state index in [9.17, 15) is 4.79 Å². The van der Waals surface area contributed by atoms with Crippen LogP contribution >= 0.6 is 0 Å². The number of aromatic nitrogens is 2. The maximum absolute atomic E-state index is 12.7. The van der Waals surface area contributed by atoms with Gasteiger partial charge in [0, 0.05) is 17.4 Å². The van der Waals surface area contributed by atoms with Gasteiger partial charge in [-0.15, -0.1) is 0 Å². The Bertz CT molecular complexity index is 933. The third-order valence-electron chi connectivity index (χ3n) is 4.46. The van der Waals surface area contributed by atoms with E-state index < -0.39 is 0 Å². The van der Waals surface area contributed by atoms with Crippen LogP contribution in [0.4, 0.5) is 17.2 Å². The first kappa shape index (κ1) is 19.4. The molecule has 0 aliphatic carbocycles. The van der Waals surface area contributed by atoms with E-state index in [1.807, 2.05) is 42.5 Å². The van der Waals surface area contributed by atoms with E-state index >= 15 is 0 Å². The van der Waals surface area contributed by atoms with Crippen molar-refractivity contribution in [1.82, 2.24) is 9.97 Å². The summed E-state index contributed by atoms with van der Waals surface area (Å²) in [5.41, 5.74) is 4.19. The van der Waals surface area contributed by atoms with E-state index in [1.54, 1.807) is 13.3 Å². The number of rotatable bonds is 7. The van der Waals surface area contributed by atoms with Crippen molar-refractivity contribution in [3.05, 3.63) is 71.7 Å². The molecule has 28 heavy (non-hydrogen) atoms. The summed E-state index contributed by atoms with van der Waals surface area (Å²) in [6.45, 7) is 4.15. The van der Waals surface area contributed by atoms with E-state index in [1.165, 1.54) is 6.20 Å². The van der Waals surface area contributed by atoms with Crippen molar-refractivity contribution in [3.8, 4) is 5.75 Å². The molecule has 1 heterocycles. The van der Waals surface area contributed by atoms with Crippen LogP contribution in [-0.4, -0.2) is 23.0 Å². The molecular weight excluding hydrogens is 352 g/mol. The SMILES string of the molecule is CCc1cccc(CC)c1NC(=O)c1cnc(Nc2cccc(OC)c2)cn1. The highest BCUT2D eigenvalue weighted by molar-refractivity contribution is 6.03. The van der Waals surface area contributed by atoms with Gasteiger partial charge in [-0.2, -0.15) is 0 Å². The standard InChI is InChI=1S/C22H24N4O2/c1-4-15-8-6-9-16(5-2)21(15)26-22(27)19-13-24-20(14-23-19)25-17-10-7-11-18(12-17)28-3/h6-14H,4-5H2,1-3H3,(H,24,25)(H,26,27). The Kier molecular flexibility index (Phi) is 6.22. The molecule has 1 aromatic heterocycles. The van der Waals surface area contributed by atoms with Crippen molar-refractivity contribution in [3.63, 3.8) is 0 Å². The third kappa shape index (κ3) is 4.46. The molecule has 3 rings (SSSR count). The van der Waals surface area contributed by atoms with Crippen molar-refractivity contribution in [1.29, 1.82) is 0 Å². The molecule has 6 heteroatoms. The third-order valence-corrected chi connectivity index (χ3v) is 4.46. The van der Waals surface area contributed by atoms with Gasteiger partial charge < -0.3 is 15.4 Å². The number of carbonyl (C=O) groups excluding carboxylic acids is 1. The number of carbonyl (C=O) groups is 1. The van der Waals surface area contributed by atoms with Crippen molar-refractivity contribution in [2.75, 3.05) is 17.7 Å². The molecule has 0 saturated carbocycles. The Morgan fingerprint density at radius 2 is 1.71 bits per heavy atom. The van der Waals surface area contributed by atoms with Gasteiger partial charge in [0.2, 0.25) is 0 Å². The van der Waals surface area contributed by atoms with Crippen LogP contribution in [-0.2, 0) is 12.8 Å². The smallest absolute Gasteiger partial charge is 0.275 e. The van der Waals surface area contributed by atoms with Gasteiger partial charge in [0.1, 0.15) is 17.3 Å². The maximum atomic E-state index is 12.7. The number of ether oxygens (including phenoxy) is 1. The predicted octanol–water partition coefficient (Wildman–Crippen LogP) is 4.61. The second-order valence-corrected chi connectivity index (χ2v) is 6.26. The monoisotopic (exact) mass is 376 g/mol. The minimum atomic E-state index is -0.268. The molecule has 0 aliphatic rings. The quantitative estimate of drug-likeness (QED) is 0.630. The molecule has 0 unspecified atom stereocenters. The van der Waals surface area contributed by atoms with Crippen LogP contribution in [0.3, 0.4) is 0 Å². The highest BCUT2D eigenvalue weighted by atomic mass is 16.5. The highest BCUT2D eigenvalue weighted by Gasteiger charge is 2.13. The van der Waals surface area contributed by atoms with Crippen molar-refractivity contribution < 1.29 is 9.53 Å². The normalized spacial score (nSPS) is 10.4. The lowest BCUT2D eigenvalue weighted by atomic mass is 10.0. The molecule has 0 atom stereocenters. The summed E-state index contributed by atoms with van der Waals surface area (Å²) in [5.74, 6) is 1.03. The summed E-state index contributed by atoms with van der Waals surface area (Å²) in [7, 11) is 1.62. The average molecular weight is 376 g/mol. The summed E-state index contributed by atoms with van der Waals surface area (Å²) in [5, 5.41) is 6.15. The molecule has 1 amide bonds. The topological polar surface area (TPSA) is 76.1 Å². The number of para-hydroxylation sites is 1. The van der Waals surface area contributed by atoms with Gasteiger partial charge in [0.05, 0.1) is 19.5 Å². The Labute approximate surface area is 165 Å². The molecule has 3 aromatic rings. The number of hydrogen-bond acceptors (Lipinski definition) is 5. The summed E-state index contributed by atoms with van der Waals surface area (Å²) >= 11 is 0. The molecule has 2 N–H and O–H groups in total. The molecule has 0 radical (unpaired) electrons. The first-order valence-electron chi connectivity index (χ1n) is 9.29. The number of amides is 1. The lowest BCUT2D eigenvalue weighted by molar-refractivity contribution is 0.102. The lowest BCUT2D eigenvalue weighted by Gasteiger charge is -2.14. The second kappa shape index (κ2) is 8.99. The minimum absolute atomic E-state index is 0.268. The number of aryl methyl sites for hydroxylation is 2. The number of nitrogens with zero attached hydrogens (tertiary/aromatic N) is 2. The molecule has 2 aromatic carbocycles. The molecule has 6 nitrogen and oxygen atoms in total. The van der Waals surface area contributed by atoms with E-state index in [0.29, 0.717) is 5.82 Å². The van der Waals surface area contributed by atoms with E-state index in [4.69, 9.17) is 4.74 Å². The van der Waals surface area contributed by atoms with Crippen LogP contribution in [0.1, 0.15) is 35.5 Å². The maximum Gasteiger partial charge on any atom is 0.275 e. The van der Waals surface area contributed by atoms with Crippen LogP contribution in [0.2, 0.25) is 0 Å². The zero-order valence-corrected chi connectivity index (χ0v) is 16.3. The minimum Gasteiger partial charge on any atom is -0.497 e. The zero-order chi connectivity index (χ0) is 19.9. The highest BCUT2D eigenvalue weighted by Crippen LogP contribution is 2.23. The zero-order valence-electron chi connectivity index (χ0n) is 16.3. The summed E-state index contributed by atoms with van der Waals surface area (Å²) in [6, 6.07) is 13.6. The number of benzene rings is 2. The summed E-state index contributed by atoms with van der Waals surface area (Å²) in [4.78, 5) is 21.2. The number of anilines is 3. The van der Waals surface area contributed by atoms with Gasteiger partial charge in [-0.3, -0.25) is 4.79 Å². The first-order chi connectivity index (χ1) is 13.6. The Morgan fingerprint density at radius 1 is 1.00 bits per heavy atom. The van der Waals surface area contributed by atoms with Gasteiger partial charge in [-0.25, -0.2) is 9.97 Å². The molecule has 0 aliphatic heterocycles. The fourth-order valence-electron chi connectivity index (χ4n) is 2.94. The lowest BCUT2D eigenvalue weighted by Crippen LogP contribution is -2.16. The second-order valence-electron chi connectivity index (χ2n) is 6.26. The molecule has 0 saturated heterocycles. The van der Waals surface area contributed by atoms with E-state index in [0.717, 1.165) is 41.1 Å². The Hall–Kier alpha value is -3.41. The fourth-order valence-corrected chi connectivity index (χ4v) is 2.94. The van der Waals surface area contributed by atoms with Crippen molar-refractivity contribution in [2.45, 2.75) is 26.7 Å². The van der Waals surface area contributed by atoms with Crippen LogP contribution in [0.25, 0.3) is 0 Å². The number of nitrogens with one attached hydrogen (secondary N) is 2. The Morgan fingerprint density at radius 3 is 2.32 bits per heavy atom. The summed E-state index contributed by atoms with van der Waals surface area (Å²) < 4.78 is 5.21. The van der Waals surface area contributed by atoms with Gasteiger partial charge in [0.15, 0.2) is 0 Å². The largest absolute Gasteiger partial charge is 0.497 e. The van der Waals surface area contributed by atoms with Gasteiger partial charge in [-0.05, 0) is 36.1 Å². The molecule has 0 fully saturated rings. The molecular formula is C22H24N4O2.